The zero-order chi connectivity index (χ0) is 25.8. The molecule has 0 saturated carbocycles. The van der Waals surface area contributed by atoms with Crippen LogP contribution in [0.1, 0.15) is 0 Å². The summed E-state index contributed by atoms with van der Waals surface area (Å²) >= 11 is 0. The fourth-order valence-electron chi connectivity index (χ4n) is 4.48. The van der Waals surface area contributed by atoms with Gasteiger partial charge < -0.3 is 39.6 Å². The number of methoxy groups -OCH3 is 3. The van der Waals surface area contributed by atoms with Gasteiger partial charge in [0.05, 0.1) is 52.3 Å². The number of rotatable bonds is 8. The molecule has 0 bridgehead atoms. The maximum atomic E-state index is 12.7. The molecule has 4 atom stereocenters. The number of ether oxygens (including phenoxy) is 5. The van der Waals surface area contributed by atoms with Gasteiger partial charge in [-0.3, -0.25) is 0 Å². The second kappa shape index (κ2) is 10.9. The first-order chi connectivity index (χ1) is 18.1. The fraction of sp³-hybridized carbons (Fsp3) is 0.346. The summed E-state index contributed by atoms with van der Waals surface area (Å²) in [5, 5.41) is 9.09. The number of fused-ring (bicyclic) bond motifs is 1. The molecule has 0 spiro atoms. The Morgan fingerprint density at radius 2 is 1.51 bits per heavy atom. The molecule has 11 heteroatoms. The van der Waals surface area contributed by atoms with Crippen molar-refractivity contribution in [1.82, 2.24) is 15.3 Å². The highest BCUT2D eigenvalue weighted by molar-refractivity contribution is 5.90. The predicted octanol–water partition coefficient (Wildman–Crippen LogP) is 2.94. The molecule has 3 aromatic rings. The topological polar surface area (TPSA) is 125 Å². The molecule has 11 nitrogen and oxygen atoms in total. The molecule has 5 rings (SSSR count). The van der Waals surface area contributed by atoms with Crippen molar-refractivity contribution in [3.05, 3.63) is 54.7 Å². The second-order valence-corrected chi connectivity index (χ2v) is 8.65. The summed E-state index contributed by atoms with van der Waals surface area (Å²) in [6.07, 6.45) is 1.16. The number of benzene rings is 2. The number of aromatic nitrogens is 2. The summed E-state index contributed by atoms with van der Waals surface area (Å²) in [5.41, 5.74) is 2.28. The molecule has 0 radical (unpaired) electrons. The maximum Gasteiger partial charge on any atom is 0.319 e. The van der Waals surface area contributed by atoms with E-state index in [9.17, 15) is 4.79 Å². The quantitative estimate of drug-likeness (QED) is 0.422. The van der Waals surface area contributed by atoms with Crippen LogP contribution in [0.3, 0.4) is 0 Å². The first-order valence-electron chi connectivity index (χ1n) is 11.8. The van der Waals surface area contributed by atoms with Gasteiger partial charge in [0, 0.05) is 35.6 Å². The zero-order valence-electron chi connectivity index (χ0n) is 20.8. The third-order valence-corrected chi connectivity index (χ3v) is 6.34. The number of amides is 2. The largest absolute Gasteiger partial charge is 0.497 e. The Labute approximate surface area is 214 Å². The first kappa shape index (κ1) is 24.6. The summed E-state index contributed by atoms with van der Waals surface area (Å²) in [7, 11) is 4.74. The Hall–Kier alpha value is -4.09. The van der Waals surface area contributed by atoms with Crippen LogP contribution in [-0.4, -0.2) is 74.8 Å². The van der Waals surface area contributed by atoms with Crippen molar-refractivity contribution in [2.45, 2.75) is 24.3 Å². The van der Waals surface area contributed by atoms with Crippen LogP contribution in [-0.2, 0) is 9.47 Å². The lowest BCUT2D eigenvalue weighted by atomic mass is 10.1. The second-order valence-electron chi connectivity index (χ2n) is 8.65. The molecule has 2 amide bonds. The Morgan fingerprint density at radius 1 is 0.865 bits per heavy atom. The minimum absolute atomic E-state index is 0.159. The van der Waals surface area contributed by atoms with E-state index in [0.29, 0.717) is 36.3 Å². The molecule has 2 aliphatic heterocycles. The SMILES string of the molecule is COc1ccc(-c2ccnc(N[C@H]3CO[C@H]4[C@@H]3OC[C@@H]4NC(=O)Nc3cc(OC)cc(OC)c3)n2)cc1. The average Bonchev–Trinajstić information content (AvgIpc) is 3.51. The molecule has 37 heavy (non-hydrogen) atoms. The van der Waals surface area contributed by atoms with E-state index in [0.717, 1.165) is 17.0 Å². The summed E-state index contributed by atoms with van der Waals surface area (Å²) in [6.45, 7) is 0.730. The van der Waals surface area contributed by atoms with E-state index >= 15 is 0 Å². The van der Waals surface area contributed by atoms with Gasteiger partial charge in [0.2, 0.25) is 5.95 Å². The lowest BCUT2D eigenvalue weighted by Gasteiger charge is -2.19. The van der Waals surface area contributed by atoms with Crippen molar-refractivity contribution < 1.29 is 28.5 Å². The number of anilines is 2. The van der Waals surface area contributed by atoms with Crippen LogP contribution in [0.5, 0.6) is 17.2 Å². The Kier molecular flexibility index (Phi) is 7.24. The monoisotopic (exact) mass is 507 g/mol. The van der Waals surface area contributed by atoms with Crippen molar-refractivity contribution >= 4 is 17.7 Å². The first-order valence-corrected chi connectivity index (χ1v) is 11.8. The number of nitrogens with zero attached hydrogens (tertiary/aromatic N) is 2. The van der Waals surface area contributed by atoms with Crippen molar-refractivity contribution in [1.29, 1.82) is 0 Å². The van der Waals surface area contributed by atoms with E-state index in [4.69, 9.17) is 23.7 Å². The number of nitrogens with one attached hydrogen (secondary N) is 3. The van der Waals surface area contributed by atoms with E-state index in [-0.39, 0.29) is 30.3 Å². The van der Waals surface area contributed by atoms with Crippen molar-refractivity contribution in [2.24, 2.45) is 0 Å². The molecule has 2 aliphatic rings. The highest BCUT2D eigenvalue weighted by Crippen LogP contribution is 2.30. The van der Waals surface area contributed by atoms with Gasteiger partial charge in [-0.1, -0.05) is 0 Å². The third-order valence-electron chi connectivity index (χ3n) is 6.34. The standard InChI is InChI=1S/C26H29N5O6/c1-33-17-6-4-15(5-7-17)20-8-9-27-25(29-20)30-21-13-36-24-22(14-37-23(21)24)31-26(32)28-16-10-18(34-2)12-19(11-16)35-3/h4-12,21-24H,13-14H2,1-3H3,(H,27,29,30)(H2,28,31,32)/t21-,22-,23+,24+/m0/s1. The van der Waals surface area contributed by atoms with Gasteiger partial charge in [0.15, 0.2) is 0 Å². The van der Waals surface area contributed by atoms with E-state index < -0.39 is 0 Å². The Balaban J connectivity index is 1.19. The summed E-state index contributed by atoms with van der Waals surface area (Å²) in [4.78, 5) is 21.7. The van der Waals surface area contributed by atoms with Gasteiger partial charge in [-0.25, -0.2) is 14.8 Å². The fourth-order valence-corrected chi connectivity index (χ4v) is 4.48. The van der Waals surface area contributed by atoms with Crippen LogP contribution in [0, 0.1) is 0 Å². The number of carbonyl (C=O) groups is 1. The van der Waals surface area contributed by atoms with Gasteiger partial charge >= 0.3 is 6.03 Å². The van der Waals surface area contributed by atoms with Gasteiger partial charge in [0.25, 0.3) is 0 Å². The number of carbonyl (C=O) groups excluding carboxylic acids is 1. The zero-order valence-corrected chi connectivity index (χ0v) is 20.8. The molecular weight excluding hydrogens is 478 g/mol. The van der Waals surface area contributed by atoms with Gasteiger partial charge in [0.1, 0.15) is 29.5 Å². The number of urea groups is 1. The molecule has 2 saturated heterocycles. The maximum absolute atomic E-state index is 12.7. The van der Waals surface area contributed by atoms with E-state index in [1.54, 1.807) is 45.7 Å². The predicted molar refractivity (Wildman–Crippen MR) is 136 cm³/mol. The van der Waals surface area contributed by atoms with Crippen molar-refractivity contribution in [2.75, 3.05) is 45.2 Å². The number of hydrogen-bond acceptors (Lipinski definition) is 9. The molecule has 3 heterocycles. The van der Waals surface area contributed by atoms with Crippen LogP contribution in [0.2, 0.25) is 0 Å². The van der Waals surface area contributed by atoms with Crippen LogP contribution >= 0.6 is 0 Å². The minimum atomic E-state index is -0.375. The molecule has 2 aromatic carbocycles. The van der Waals surface area contributed by atoms with Crippen LogP contribution in [0.25, 0.3) is 11.3 Å². The van der Waals surface area contributed by atoms with E-state index in [2.05, 4.69) is 25.9 Å². The van der Waals surface area contributed by atoms with E-state index in [1.807, 2.05) is 30.3 Å². The highest BCUT2D eigenvalue weighted by atomic mass is 16.6. The Bertz CT molecular complexity index is 1220. The average molecular weight is 508 g/mol. The van der Waals surface area contributed by atoms with Crippen LogP contribution in [0.15, 0.2) is 54.7 Å². The summed E-state index contributed by atoms with van der Waals surface area (Å²) in [6, 6.07) is 13.8. The minimum Gasteiger partial charge on any atom is -0.497 e. The molecule has 0 aliphatic carbocycles. The van der Waals surface area contributed by atoms with Crippen molar-refractivity contribution in [3.63, 3.8) is 0 Å². The smallest absolute Gasteiger partial charge is 0.319 e. The molecule has 194 valence electrons. The van der Waals surface area contributed by atoms with Crippen LogP contribution in [0.4, 0.5) is 16.4 Å². The lowest BCUT2D eigenvalue weighted by Crippen LogP contribution is -2.46. The van der Waals surface area contributed by atoms with Gasteiger partial charge in [-0.15, -0.1) is 0 Å². The van der Waals surface area contributed by atoms with Gasteiger partial charge in [-0.2, -0.15) is 0 Å². The Morgan fingerprint density at radius 3 is 2.19 bits per heavy atom. The molecule has 3 N–H and O–H groups in total. The summed E-state index contributed by atoms with van der Waals surface area (Å²) < 4.78 is 27.7. The number of hydrogen-bond donors (Lipinski definition) is 3. The van der Waals surface area contributed by atoms with Gasteiger partial charge in [-0.05, 0) is 30.3 Å². The molecule has 0 unspecified atom stereocenters. The summed E-state index contributed by atoms with van der Waals surface area (Å²) in [5.74, 6) is 2.41. The normalized spacial score (nSPS) is 22.1. The van der Waals surface area contributed by atoms with Crippen LogP contribution < -0.4 is 30.2 Å². The highest BCUT2D eigenvalue weighted by Gasteiger charge is 2.48. The van der Waals surface area contributed by atoms with E-state index in [1.165, 1.54) is 0 Å². The lowest BCUT2D eigenvalue weighted by molar-refractivity contribution is 0.0683. The molecular formula is C26H29N5O6. The molecule has 1 aromatic heterocycles. The third kappa shape index (κ3) is 5.52. The van der Waals surface area contributed by atoms with Crippen molar-refractivity contribution in [3.8, 4) is 28.5 Å². The molecule has 2 fully saturated rings.